The lowest BCUT2D eigenvalue weighted by molar-refractivity contribution is 0.313. The highest BCUT2D eigenvalue weighted by molar-refractivity contribution is 5.06. The number of hydrazine groups is 1. The molecule has 4 heteroatoms. The first-order chi connectivity index (χ1) is 9.31. The third kappa shape index (κ3) is 4.62. The van der Waals surface area contributed by atoms with Crippen LogP contribution in [0, 0.1) is 5.92 Å². The molecule has 108 valence electrons. The van der Waals surface area contributed by atoms with E-state index in [1.54, 1.807) is 0 Å². The monoisotopic (exact) mass is 264 g/mol. The molecule has 1 aromatic rings. The molecule has 3 N–H and O–H groups in total. The normalized spacial score (nSPS) is 18.6. The average molecular weight is 264 g/mol. The first-order valence-corrected chi connectivity index (χ1v) is 7.79. The van der Waals surface area contributed by atoms with E-state index in [4.69, 9.17) is 5.84 Å². The molecule has 0 aromatic carbocycles. The third-order valence-electron chi connectivity index (χ3n) is 4.38. The molecule has 0 saturated heterocycles. The zero-order valence-corrected chi connectivity index (χ0v) is 12.1. The van der Waals surface area contributed by atoms with E-state index in [0.717, 1.165) is 18.9 Å². The number of nitrogens with one attached hydrogen (secondary N) is 1. The van der Waals surface area contributed by atoms with Crippen molar-refractivity contribution in [1.29, 1.82) is 0 Å². The predicted octanol–water partition coefficient (Wildman–Crippen LogP) is 2.64. The fourth-order valence-electron chi connectivity index (χ4n) is 3.13. The van der Waals surface area contributed by atoms with Crippen LogP contribution in [0.1, 0.15) is 57.4 Å². The molecule has 1 fully saturated rings. The van der Waals surface area contributed by atoms with Crippen molar-refractivity contribution in [2.24, 2.45) is 11.8 Å². The molecule has 1 saturated carbocycles. The fourth-order valence-corrected chi connectivity index (χ4v) is 3.13. The molecule has 1 atom stereocenters. The van der Waals surface area contributed by atoms with Crippen LogP contribution in [0.5, 0.6) is 0 Å². The van der Waals surface area contributed by atoms with Crippen molar-refractivity contribution < 1.29 is 0 Å². The van der Waals surface area contributed by atoms with E-state index in [2.05, 4.69) is 23.6 Å². The van der Waals surface area contributed by atoms with Crippen LogP contribution in [0.3, 0.4) is 0 Å². The molecule has 4 nitrogen and oxygen atoms in total. The van der Waals surface area contributed by atoms with Crippen LogP contribution in [-0.2, 0) is 13.0 Å². The summed E-state index contributed by atoms with van der Waals surface area (Å²) in [7, 11) is 0. The minimum Gasteiger partial charge on any atom is -0.273 e. The van der Waals surface area contributed by atoms with E-state index >= 15 is 0 Å². The lowest BCUT2D eigenvalue weighted by atomic mass is 9.85. The Morgan fingerprint density at radius 3 is 2.84 bits per heavy atom. The summed E-state index contributed by atoms with van der Waals surface area (Å²) >= 11 is 0. The quantitative estimate of drug-likeness (QED) is 0.588. The molecule has 1 unspecified atom stereocenters. The molecule has 1 aliphatic carbocycles. The van der Waals surface area contributed by atoms with Crippen molar-refractivity contribution in [3.05, 3.63) is 18.0 Å². The Kier molecular flexibility index (Phi) is 5.86. The predicted molar refractivity (Wildman–Crippen MR) is 78.5 cm³/mol. The van der Waals surface area contributed by atoms with Gasteiger partial charge in [0.1, 0.15) is 0 Å². The van der Waals surface area contributed by atoms with E-state index in [1.165, 1.54) is 50.5 Å². The highest BCUT2D eigenvalue weighted by Crippen LogP contribution is 2.27. The second kappa shape index (κ2) is 7.65. The molecule has 0 radical (unpaired) electrons. The van der Waals surface area contributed by atoms with Crippen LogP contribution in [0.2, 0.25) is 0 Å². The summed E-state index contributed by atoms with van der Waals surface area (Å²) in [6.07, 6.45) is 14.7. The van der Waals surface area contributed by atoms with Crippen LogP contribution in [0.15, 0.2) is 12.4 Å². The van der Waals surface area contributed by atoms with Crippen molar-refractivity contribution in [2.45, 2.75) is 70.9 Å². The van der Waals surface area contributed by atoms with Gasteiger partial charge in [0, 0.05) is 18.8 Å². The van der Waals surface area contributed by atoms with Gasteiger partial charge in [0.2, 0.25) is 0 Å². The molecule has 0 bridgehead atoms. The first-order valence-electron chi connectivity index (χ1n) is 7.79. The van der Waals surface area contributed by atoms with Gasteiger partial charge in [-0.1, -0.05) is 32.1 Å². The summed E-state index contributed by atoms with van der Waals surface area (Å²) in [5, 5.41) is 4.32. The minimum absolute atomic E-state index is 0.386. The number of nitrogens with two attached hydrogens (primary N) is 1. The Bertz CT molecular complexity index is 355. The van der Waals surface area contributed by atoms with Crippen molar-refractivity contribution >= 4 is 0 Å². The molecule has 0 spiro atoms. The van der Waals surface area contributed by atoms with Gasteiger partial charge in [0.05, 0.1) is 6.20 Å². The molecular weight excluding hydrogens is 236 g/mol. The van der Waals surface area contributed by atoms with Crippen LogP contribution in [-0.4, -0.2) is 15.8 Å². The maximum Gasteiger partial charge on any atom is 0.0522 e. The molecule has 2 rings (SSSR count). The number of hydrogen-bond donors (Lipinski definition) is 2. The lowest BCUT2D eigenvalue weighted by Gasteiger charge is -2.23. The van der Waals surface area contributed by atoms with Crippen LogP contribution >= 0.6 is 0 Å². The minimum atomic E-state index is 0.386. The van der Waals surface area contributed by atoms with Crippen molar-refractivity contribution in [3.63, 3.8) is 0 Å². The lowest BCUT2D eigenvalue weighted by Crippen LogP contribution is -2.37. The second-order valence-corrected chi connectivity index (χ2v) is 5.85. The van der Waals surface area contributed by atoms with E-state index in [0.29, 0.717) is 6.04 Å². The van der Waals surface area contributed by atoms with Gasteiger partial charge in [-0.15, -0.1) is 0 Å². The third-order valence-corrected chi connectivity index (χ3v) is 4.38. The van der Waals surface area contributed by atoms with E-state index < -0.39 is 0 Å². The second-order valence-electron chi connectivity index (χ2n) is 5.85. The molecule has 1 aromatic heterocycles. The maximum atomic E-state index is 5.70. The van der Waals surface area contributed by atoms with Gasteiger partial charge in [-0.05, 0) is 37.7 Å². The fraction of sp³-hybridized carbons (Fsp3) is 0.800. The van der Waals surface area contributed by atoms with Gasteiger partial charge in [-0.3, -0.25) is 16.0 Å². The zero-order valence-electron chi connectivity index (χ0n) is 12.1. The summed E-state index contributed by atoms with van der Waals surface area (Å²) in [5.74, 6) is 6.63. The van der Waals surface area contributed by atoms with E-state index in [9.17, 15) is 0 Å². The van der Waals surface area contributed by atoms with Gasteiger partial charge < -0.3 is 0 Å². The largest absolute Gasteiger partial charge is 0.273 e. The highest BCUT2D eigenvalue weighted by atomic mass is 15.3. The standard InChI is InChI=1S/C15H28N4/c1-2-19-12-14(11-17-19)10-15(18-16)9-8-13-6-4-3-5-7-13/h11-13,15,18H,2-10,16H2,1H3. The molecule has 0 amide bonds. The van der Waals surface area contributed by atoms with Gasteiger partial charge in [0.25, 0.3) is 0 Å². The Balaban J connectivity index is 1.75. The van der Waals surface area contributed by atoms with E-state index in [-0.39, 0.29) is 0 Å². The summed E-state index contributed by atoms with van der Waals surface area (Å²) in [6.45, 7) is 3.04. The first kappa shape index (κ1) is 14.5. The Morgan fingerprint density at radius 2 is 2.21 bits per heavy atom. The van der Waals surface area contributed by atoms with Gasteiger partial charge >= 0.3 is 0 Å². The van der Waals surface area contributed by atoms with Gasteiger partial charge in [0.15, 0.2) is 0 Å². The Morgan fingerprint density at radius 1 is 1.42 bits per heavy atom. The van der Waals surface area contributed by atoms with Crippen molar-refractivity contribution in [2.75, 3.05) is 0 Å². The van der Waals surface area contributed by atoms with Gasteiger partial charge in [-0.2, -0.15) is 5.10 Å². The van der Waals surface area contributed by atoms with Crippen molar-refractivity contribution in [3.8, 4) is 0 Å². The number of rotatable bonds is 7. The number of nitrogens with zero attached hydrogens (tertiary/aromatic N) is 2. The van der Waals surface area contributed by atoms with Crippen LogP contribution in [0.25, 0.3) is 0 Å². The van der Waals surface area contributed by atoms with E-state index in [1.807, 2.05) is 10.9 Å². The maximum absolute atomic E-state index is 5.70. The molecule has 1 aliphatic rings. The number of aromatic nitrogens is 2. The molecule has 19 heavy (non-hydrogen) atoms. The van der Waals surface area contributed by atoms with Crippen LogP contribution < -0.4 is 11.3 Å². The summed E-state index contributed by atoms with van der Waals surface area (Å²) in [5.41, 5.74) is 4.27. The summed E-state index contributed by atoms with van der Waals surface area (Å²) in [4.78, 5) is 0. The van der Waals surface area contributed by atoms with Gasteiger partial charge in [-0.25, -0.2) is 0 Å². The van der Waals surface area contributed by atoms with Crippen molar-refractivity contribution in [1.82, 2.24) is 15.2 Å². The zero-order chi connectivity index (χ0) is 13.5. The molecule has 1 heterocycles. The SMILES string of the molecule is CCn1cc(CC(CCC2CCCCC2)NN)cn1. The summed E-state index contributed by atoms with van der Waals surface area (Å²) < 4.78 is 1.98. The average Bonchev–Trinajstić information content (AvgIpc) is 2.92. The Hall–Kier alpha value is -0.870. The van der Waals surface area contributed by atoms with Crippen LogP contribution in [0.4, 0.5) is 0 Å². The topological polar surface area (TPSA) is 55.9 Å². The molecular formula is C15H28N4. The molecule has 0 aliphatic heterocycles. The smallest absolute Gasteiger partial charge is 0.0522 e. The number of aryl methyl sites for hydroxylation is 1. The Labute approximate surface area is 116 Å². The number of hydrogen-bond acceptors (Lipinski definition) is 3. The summed E-state index contributed by atoms with van der Waals surface area (Å²) in [6, 6.07) is 0.386. The highest BCUT2D eigenvalue weighted by Gasteiger charge is 2.16.